The van der Waals surface area contributed by atoms with Gasteiger partial charge in [0.1, 0.15) is 5.60 Å². The molecule has 1 fully saturated rings. The first kappa shape index (κ1) is 23.0. The molecule has 0 radical (unpaired) electrons. The molecule has 0 spiro atoms. The summed E-state index contributed by atoms with van der Waals surface area (Å²) in [5.74, 6) is 0.260. The van der Waals surface area contributed by atoms with Crippen molar-refractivity contribution >= 4 is 12.1 Å². The van der Waals surface area contributed by atoms with Crippen molar-refractivity contribution in [3.8, 4) is 0 Å². The van der Waals surface area contributed by atoms with Crippen molar-refractivity contribution in [2.45, 2.75) is 72.1 Å². The van der Waals surface area contributed by atoms with Crippen LogP contribution in [-0.2, 0) is 11.3 Å². The number of ether oxygens (including phenoxy) is 1. The van der Waals surface area contributed by atoms with E-state index in [0.29, 0.717) is 19.6 Å². The fourth-order valence-corrected chi connectivity index (χ4v) is 3.48. The molecule has 1 aliphatic rings. The zero-order valence-corrected chi connectivity index (χ0v) is 18.6. The Labute approximate surface area is 174 Å². The van der Waals surface area contributed by atoms with Gasteiger partial charge in [-0.05, 0) is 59.8 Å². The number of carbonyl (C=O) groups is 2. The standard InChI is InChI=1S/C21H37N5O3/c1-17(2)26(20(28)29-21(3,4)5)15-18-8-6-12-25(14-18)19(27)23-9-7-11-24-13-10-22-16-24/h10,13,16-18H,6-9,11-12,14-15H2,1-5H3,(H,23,27). The van der Waals surface area contributed by atoms with E-state index < -0.39 is 5.60 Å². The number of imidazole rings is 1. The monoisotopic (exact) mass is 407 g/mol. The van der Waals surface area contributed by atoms with Crippen LogP contribution in [0.3, 0.4) is 0 Å². The number of nitrogens with zero attached hydrogens (tertiary/aromatic N) is 4. The predicted molar refractivity (Wildman–Crippen MR) is 113 cm³/mol. The van der Waals surface area contributed by atoms with E-state index in [1.807, 2.05) is 50.3 Å². The highest BCUT2D eigenvalue weighted by atomic mass is 16.6. The van der Waals surface area contributed by atoms with Crippen LogP contribution < -0.4 is 5.32 Å². The molecule has 1 aromatic rings. The second-order valence-electron chi connectivity index (χ2n) is 9.07. The van der Waals surface area contributed by atoms with E-state index in [0.717, 1.165) is 32.4 Å². The Bertz CT molecular complexity index is 639. The summed E-state index contributed by atoms with van der Waals surface area (Å²) in [6, 6.07) is 0.0333. The molecule has 0 aromatic carbocycles. The summed E-state index contributed by atoms with van der Waals surface area (Å²) < 4.78 is 7.56. The smallest absolute Gasteiger partial charge is 0.410 e. The molecule has 8 heteroatoms. The number of aromatic nitrogens is 2. The third-order valence-corrected chi connectivity index (χ3v) is 4.94. The molecule has 2 rings (SSSR count). The molecule has 29 heavy (non-hydrogen) atoms. The zero-order valence-electron chi connectivity index (χ0n) is 18.6. The van der Waals surface area contributed by atoms with Gasteiger partial charge in [-0.3, -0.25) is 0 Å². The van der Waals surface area contributed by atoms with Gasteiger partial charge in [-0.15, -0.1) is 0 Å². The average Bonchev–Trinajstić information content (AvgIpc) is 3.15. The number of hydrogen-bond acceptors (Lipinski definition) is 4. The average molecular weight is 408 g/mol. The van der Waals surface area contributed by atoms with E-state index in [2.05, 4.69) is 10.3 Å². The van der Waals surface area contributed by atoms with E-state index in [9.17, 15) is 9.59 Å². The summed E-state index contributed by atoms with van der Waals surface area (Å²) in [5.41, 5.74) is -0.514. The summed E-state index contributed by atoms with van der Waals surface area (Å²) in [7, 11) is 0. The Kier molecular flexibility index (Phi) is 8.34. The lowest BCUT2D eigenvalue weighted by Gasteiger charge is -2.37. The van der Waals surface area contributed by atoms with E-state index in [4.69, 9.17) is 4.74 Å². The molecule has 1 unspecified atom stereocenters. The molecule has 1 aliphatic heterocycles. The van der Waals surface area contributed by atoms with Crippen molar-refractivity contribution in [2.24, 2.45) is 5.92 Å². The van der Waals surface area contributed by atoms with Gasteiger partial charge in [-0.1, -0.05) is 0 Å². The van der Waals surface area contributed by atoms with Crippen LogP contribution in [0.1, 0.15) is 53.9 Å². The lowest BCUT2D eigenvalue weighted by Crippen LogP contribution is -2.50. The Morgan fingerprint density at radius 3 is 2.72 bits per heavy atom. The van der Waals surface area contributed by atoms with Crippen LogP contribution in [0.25, 0.3) is 0 Å². The maximum Gasteiger partial charge on any atom is 0.410 e. The number of aryl methyl sites for hydroxylation is 1. The summed E-state index contributed by atoms with van der Waals surface area (Å²) in [6.07, 6.45) is 7.99. The van der Waals surface area contributed by atoms with Gasteiger partial charge in [0.2, 0.25) is 0 Å². The minimum absolute atomic E-state index is 0.0197. The summed E-state index contributed by atoms with van der Waals surface area (Å²) >= 11 is 0. The third-order valence-electron chi connectivity index (χ3n) is 4.94. The van der Waals surface area contributed by atoms with Crippen molar-refractivity contribution in [1.82, 2.24) is 24.7 Å². The van der Waals surface area contributed by atoms with Crippen molar-refractivity contribution in [1.29, 1.82) is 0 Å². The third kappa shape index (κ3) is 7.95. The fraction of sp³-hybridized carbons (Fsp3) is 0.762. The Morgan fingerprint density at radius 2 is 2.10 bits per heavy atom. The van der Waals surface area contributed by atoms with Crippen molar-refractivity contribution in [2.75, 3.05) is 26.2 Å². The minimum Gasteiger partial charge on any atom is -0.444 e. The first-order chi connectivity index (χ1) is 13.7. The van der Waals surface area contributed by atoms with Crippen LogP contribution >= 0.6 is 0 Å². The van der Waals surface area contributed by atoms with Crippen molar-refractivity contribution in [3.05, 3.63) is 18.7 Å². The lowest BCUT2D eigenvalue weighted by atomic mass is 9.97. The quantitative estimate of drug-likeness (QED) is 0.703. The van der Waals surface area contributed by atoms with Gasteiger partial charge in [-0.25, -0.2) is 14.6 Å². The maximum absolute atomic E-state index is 12.6. The minimum atomic E-state index is -0.514. The molecule has 1 aromatic heterocycles. The second kappa shape index (κ2) is 10.5. The molecular formula is C21H37N5O3. The molecule has 164 valence electrons. The highest BCUT2D eigenvalue weighted by molar-refractivity contribution is 5.74. The molecule has 1 atom stereocenters. The second-order valence-corrected chi connectivity index (χ2v) is 9.07. The molecule has 8 nitrogen and oxygen atoms in total. The van der Waals surface area contributed by atoms with E-state index >= 15 is 0 Å². The molecule has 0 saturated carbocycles. The molecular weight excluding hydrogens is 370 g/mol. The molecule has 1 saturated heterocycles. The SMILES string of the molecule is CC(C)N(CC1CCCN(C(=O)NCCCn2ccnc2)C1)C(=O)OC(C)(C)C. The zero-order chi connectivity index (χ0) is 21.4. The number of carbonyl (C=O) groups excluding carboxylic acids is 2. The van der Waals surface area contributed by atoms with Crippen molar-refractivity contribution in [3.63, 3.8) is 0 Å². The van der Waals surface area contributed by atoms with Gasteiger partial charge in [0.15, 0.2) is 0 Å². The van der Waals surface area contributed by atoms with Crippen LogP contribution in [0.2, 0.25) is 0 Å². The summed E-state index contributed by atoms with van der Waals surface area (Å²) in [4.78, 5) is 32.8. The highest BCUT2D eigenvalue weighted by Gasteiger charge is 2.30. The Balaban J connectivity index is 1.80. The molecule has 2 heterocycles. The fourth-order valence-electron chi connectivity index (χ4n) is 3.48. The first-order valence-corrected chi connectivity index (χ1v) is 10.6. The van der Waals surface area contributed by atoms with Crippen LogP contribution in [0.15, 0.2) is 18.7 Å². The van der Waals surface area contributed by atoms with Crippen LogP contribution in [0, 0.1) is 5.92 Å². The highest BCUT2D eigenvalue weighted by Crippen LogP contribution is 2.20. The topological polar surface area (TPSA) is 79.7 Å². The predicted octanol–water partition coefficient (Wildman–Crippen LogP) is 3.34. The molecule has 1 N–H and O–H groups in total. The van der Waals surface area contributed by atoms with E-state index in [1.54, 1.807) is 17.4 Å². The molecule has 0 bridgehead atoms. The van der Waals surface area contributed by atoms with E-state index in [1.165, 1.54) is 0 Å². The van der Waals surface area contributed by atoms with Gasteiger partial charge in [0.05, 0.1) is 6.33 Å². The number of amides is 3. The van der Waals surface area contributed by atoms with Gasteiger partial charge >= 0.3 is 12.1 Å². The van der Waals surface area contributed by atoms with Crippen LogP contribution in [0.4, 0.5) is 9.59 Å². The Morgan fingerprint density at radius 1 is 1.34 bits per heavy atom. The van der Waals surface area contributed by atoms with Crippen LogP contribution in [-0.4, -0.2) is 69.3 Å². The molecule has 3 amide bonds. The number of likely N-dealkylation sites (tertiary alicyclic amines) is 1. The van der Waals surface area contributed by atoms with Gasteiger partial charge in [0.25, 0.3) is 0 Å². The first-order valence-electron chi connectivity index (χ1n) is 10.6. The van der Waals surface area contributed by atoms with Crippen LogP contribution in [0.5, 0.6) is 0 Å². The van der Waals surface area contributed by atoms with Crippen molar-refractivity contribution < 1.29 is 14.3 Å². The number of rotatable bonds is 7. The number of nitrogens with one attached hydrogen (secondary N) is 1. The molecule has 0 aliphatic carbocycles. The number of piperidine rings is 1. The number of urea groups is 1. The van der Waals surface area contributed by atoms with Gasteiger partial charge in [-0.2, -0.15) is 0 Å². The van der Waals surface area contributed by atoms with Gasteiger partial charge in [0, 0.05) is 51.2 Å². The maximum atomic E-state index is 12.6. The summed E-state index contributed by atoms with van der Waals surface area (Å²) in [6.45, 7) is 13.1. The Hall–Kier alpha value is -2.25. The van der Waals surface area contributed by atoms with Gasteiger partial charge < -0.3 is 24.4 Å². The normalized spacial score (nSPS) is 17.3. The largest absolute Gasteiger partial charge is 0.444 e. The lowest BCUT2D eigenvalue weighted by molar-refractivity contribution is 0.0131. The number of hydrogen-bond donors (Lipinski definition) is 1. The van der Waals surface area contributed by atoms with E-state index in [-0.39, 0.29) is 24.1 Å². The summed E-state index contributed by atoms with van der Waals surface area (Å²) in [5, 5.41) is 3.01.